The van der Waals surface area contributed by atoms with Gasteiger partial charge in [-0.05, 0) is 42.5 Å². The van der Waals surface area contributed by atoms with E-state index in [4.69, 9.17) is 10.4 Å². The summed E-state index contributed by atoms with van der Waals surface area (Å²) < 4.78 is 0.960. The van der Waals surface area contributed by atoms with Crippen molar-refractivity contribution in [1.82, 2.24) is 4.98 Å². The second-order valence-electron chi connectivity index (χ2n) is 4.64. The summed E-state index contributed by atoms with van der Waals surface area (Å²) in [6.07, 6.45) is 0. The molecular formula is C16H11N3O2S. The van der Waals surface area contributed by atoms with E-state index in [0.717, 1.165) is 15.4 Å². The molecule has 0 amide bonds. The Morgan fingerprint density at radius 2 is 2.05 bits per heavy atom. The molecule has 0 saturated carbocycles. The number of carbonyl (C=O) groups is 1. The first-order valence-electron chi connectivity index (χ1n) is 6.52. The Balaban J connectivity index is 1.76. The zero-order chi connectivity index (χ0) is 15.5. The number of anilines is 1. The molecule has 2 aromatic carbocycles. The van der Waals surface area contributed by atoms with Gasteiger partial charge in [-0.2, -0.15) is 5.26 Å². The van der Waals surface area contributed by atoms with Crippen LogP contribution in [0.5, 0.6) is 0 Å². The topological polar surface area (TPSA) is 86.0 Å². The van der Waals surface area contributed by atoms with Crippen LogP contribution in [0.1, 0.15) is 20.9 Å². The van der Waals surface area contributed by atoms with Gasteiger partial charge in [-0.25, -0.2) is 9.78 Å². The molecule has 3 rings (SSSR count). The molecule has 3 aromatic rings. The molecule has 1 aromatic heterocycles. The van der Waals surface area contributed by atoms with Crippen molar-refractivity contribution >= 4 is 33.2 Å². The van der Waals surface area contributed by atoms with Crippen LogP contribution in [0.4, 0.5) is 5.69 Å². The van der Waals surface area contributed by atoms with Gasteiger partial charge in [0.2, 0.25) is 0 Å². The monoisotopic (exact) mass is 309 g/mol. The molecule has 2 N–H and O–H groups in total. The minimum absolute atomic E-state index is 0.240. The summed E-state index contributed by atoms with van der Waals surface area (Å²) in [5, 5.41) is 21.9. The molecule has 0 spiro atoms. The number of nitrogens with zero attached hydrogens (tertiary/aromatic N) is 2. The molecular weight excluding hydrogens is 298 g/mol. The lowest BCUT2D eigenvalue weighted by atomic mass is 10.2. The number of nitriles is 1. The lowest BCUT2D eigenvalue weighted by Crippen LogP contribution is -1.98. The number of hydrogen-bond acceptors (Lipinski definition) is 5. The maximum absolute atomic E-state index is 11.0. The number of thiazole rings is 1. The summed E-state index contributed by atoms with van der Waals surface area (Å²) in [6, 6.07) is 14.2. The number of rotatable bonds is 4. The third-order valence-electron chi connectivity index (χ3n) is 3.14. The van der Waals surface area contributed by atoms with Crippen molar-refractivity contribution < 1.29 is 9.90 Å². The largest absolute Gasteiger partial charge is 0.478 e. The van der Waals surface area contributed by atoms with E-state index in [-0.39, 0.29) is 5.56 Å². The number of fused-ring (bicyclic) bond motifs is 1. The van der Waals surface area contributed by atoms with Gasteiger partial charge in [0.25, 0.3) is 0 Å². The van der Waals surface area contributed by atoms with Gasteiger partial charge in [-0.15, -0.1) is 11.3 Å². The highest BCUT2D eigenvalue weighted by atomic mass is 32.1. The molecule has 0 bridgehead atoms. The first-order chi connectivity index (χ1) is 10.7. The van der Waals surface area contributed by atoms with Crippen LogP contribution in [0.2, 0.25) is 0 Å². The van der Waals surface area contributed by atoms with Crippen LogP contribution in [0.3, 0.4) is 0 Å². The molecule has 0 aliphatic rings. The van der Waals surface area contributed by atoms with E-state index in [0.29, 0.717) is 17.6 Å². The Bertz CT molecular complexity index is 879. The first-order valence-corrected chi connectivity index (χ1v) is 7.34. The van der Waals surface area contributed by atoms with Crippen molar-refractivity contribution in [3.63, 3.8) is 0 Å². The van der Waals surface area contributed by atoms with Crippen LogP contribution in [-0.4, -0.2) is 16.1 Å². The van der Waals surface area contributed by atoms with Crippen LogP contribution in [-0.2, 0) is 6.54 Å². The van der Waals surface area contributed by atoms with Gasteiger partial charge >= 0.3 is 5.97 Å². The van der Waals surface area contributed by atoms with Crippen LogP contribution in [0.15, 0.2) is 42.5 Å². The molecule has 0 fully saturated rings. The maximum Gasteiger partial charge on any atom is 0.335 e. The van der Waals surface area contributed by atoms with Gasteiger partial charge < -0.3 is 10.4 Å². The summed E-state index contributed by atoms with van der Waals surface area (Å²) in [5.41, 5.74) is 2.46. The summed E-state index contributed by atoms with van der Waals surface area (Å²) in [7, 11) is 0. The second-order valence-corrected chi connectivity index (χ2v) is 5.75. The summed E-state index contributed by atoms with van der Waals surface area (Å²) in [5.74, 6) is -0.952. The minimum Gasteiger partial charge on any atom is -0.478 e. The van der Waals surface area contributed by atoms with E-state index in [1.807, 2.05) is 12.1 Å². The number of aromatic carboxylic acids is 1. The van der Waals surface area contributed by atoms with Crippen molar-refractivity contribution in [3.8, 4) is 6.07 Å². The van der Waals surface area contributed by atoms with E-state index in [9.17, 15) is 4.79 Å². The minimum atomic E-state index is -0.952. The van der Waals surface area contributed by atoms with Gasteiger partial charge in [0.15, 0.2) is 0 Å². The van der Waals surface area contributed by atoms with Crippen molar-refractivity contribution in [2.45, 2.75) is 6.54 Å². The fourth-order valence-corrected chi connectivity index (χ4v) is 2.91. The lowest BCUT2D eigenvalue weighted by Gasteiger charge is -2.03. The second kappa shape index (κ2) is 5.84. The average molecular weight is 309 g/mol. The average Bonchev–Trinajstić information content (AvgIpc) is 2.95. The van der Waals surface area contributed by atoms with Crippen molar-refractivity contribution in [2.75, 3.05) is 5.32 Å². The smallest absolute Gasteiger partial charge is 0.335 e. The lowest BCUT2D eigenvalue weighted by molar-refractivity contribution is 0.0697. The zero-order valence-electron chi connectivity index (χ0n) is 11.4. The number of carboxylic acids is 1. The van der Waals surface area contributed by atoms with E-state index in [2.05, 4.69) is 16.4 Å². The Morgan fingerprint density at radius 1 is 1.27 bits per heavy atom. The van der Waals surface area contributed by atoms with Crippen molar-refractivity contribution in [3.05, 3.63) is 58.6 Å². The third-order valence-corrected chi connectivity index (χ3v) is 4.17. The molecule has 0 aliphatic heterocycles. The van der Waals surface area contributed by atoms with Crippen LogP contribution >= 0.6 is 11.3 Å². The van der Waals surface area contributed by atoms with Gasteiger partial charge in [-0.1, -0.05) is 0 Å². The summed E-state index contributed by atoms with van der Waals surface area (Å²) >= 11 is 1.53. The van der Waals surface area contributed by atoms with Gasteiger partial charge in [0, 0.05) is 5.69 Å². The number of nitrogens with one attached hydrogen (secondary N) is 1. The number of aromatic nitrogens is 1. The van der Waals surface area contributed by atoms with E-state index in [1.54, 1.807) is 30.3 Å². The van der Waals surface area contributed by atoms with Gasteiger partial charge in [-0.3, -0.25) is 0 Å². The van der Waals surface area contributed by atoms with Gasteiger partial charge in [0.1, 0.15) is 5.01 Å². The summed E-state index contributed by atoms with van der Waals surface area (Å²) in [4.78, 5) is 15.4. The molecule has 0 aliphatic carbocycles. The van der Waals surface area contributed by atoms with E-state index >= 15 is 0 Å². The fourth-order valence-electron chi connectivity index (χ4n) is 2.02. The highest BCUT2D eigenvalue weighted by Gasteiger charge is 2.08. The Hall–Kier alpha value is -2.91. The molecule has 5 nitrogen and oxygen atoms in total. The van der Waals surface area contributed by atoms with Crippen molar-refractivity contribution in [1.29, 1.82) is 5.26 Å². The standard InChI is InChI=1S/C16H11N3O2S/c17-8-10-1-4-12(5-2-10)18-9-15-19-13-7-11(16(20)21)3-6-14(13)22-15/h1-7,18H,9H2,(H,20,21). The molecule has 0 atom stereocenters. The maximum atomic E-state index is 11.0. The van der Waals surface area contributed by atoms with Gasteiger partial charge in [0.05, 0.1) is 34.0 Å². The molecule has 6 heteroatoms. The molecule has 22 heavy (non-hydrogen) atoms. The van der Waals surface area contributed by atoms with Crippen LogP contribution in [0, 0.1) is 11.3 Å². The quantitative estimate of drug-likeness (QED) is 0.770. The Kier molecular flexibility index (Phi) is 3.73. The van der Waals surface area contributed by atoms with E-state index in [1.165, 1.54) is 11.3 Å². The Morgan fingerprint density at radius 3 is 2.73 bits per heavy atom. The van der Waals surface area contributed by atoms with Crippen molar-refractivity contribution in [2.24, 2.45) is 0 Å². The molecule has 0 saturated heterocycles. The van der Waals surface area contributed by atoms with Crippen LogP contribution in [0.25, 0.3) is 10.2 Å². The van der Waals surface area contributed by atoms with E-state index < -0.39 is 5.97 Å². The molecule has 0 unspecified atom stereocenters. The molecule has 0 radical (unpaired) electrons. The Labute approximate surface area is 130 Å². The SMILES string of the molecule is N#Cc1ccc(NCc2nc3cc(C(=O)O)ccc3s2)cc1. The number of carboxylic acid groups (broad SMARTS) is 1. The third kappa shape index (κ3) is 2.90. The number of hydrogen-bond donors (Lipinski definition) is 2. The normalized spacial score (nSPS) is 10.3. The summed E-state index contributed by atoms with van der Waals surface area (Å²) in [6.45, 7) is 0.549. The predicted molar refractivity (Wildman–Crippen MR) is 85.1 cm³/mol. The fraction of sp³-hybridized carbons (Fsp3) is 0.0625. The number of benzene rings is 2. The predicted octanol–water partition coefficient (Wildman–Crippen LogP) is 3.48. The highest BCUT2D eigenvalue weighted by Crippen LogP contribution is 2.24. The van der Waals surface area contributed by atoms with Crippen LogP contribution < -0.4 is 5.32 Å². The molecule has 1 heterocycles. The zero-order valence-corrected chi connectivity index (χ0v) is 12.2. The highest BCUT2D eigenvalue weighted by molar-refractivity contribution is 7.18. The first kappa shape index (κ1) is 14.0. The molecule has 108 valence electrons.